The fourth-order valence-electron chi connectivity index (χ4n) is 2.60. The molecule has 0 aromatic carbocycles. The molecule has 0 aromatic heterocycles. The first-order chi connectivity index (χ1) is 6.20. The molecule has 0 bridgehead atoms. The average Bonchev–Trinajstić information content (AvgIpc) is 2.11. The van der Waals surface area contributed by atoms with Gasteiger partial charge < -0.3 is 4.74 Å². The van der Waals surface area contributed by atoms with Crippen LogP contribution in [-0.2, 0) is 4.74 Å². The van der Waals surface area contributed by atoms with Crippen LogP contribution in [0, 0.1) is 5.92 Å². The van der Waals surface area contributed by atoms with Crippen molar-refractivity contribution >= 4 is 11.6 Å². The van der Waals surface area contributed by atoms with Crippen LogP contribution in [0.2, 0.25) is 0 Å². The first-order valence-corrected chi connectivity index (χ1v) is 5.92. The highest BCUT2D eigenvalue weighted by Gasteiger charge is 2.39. The van der Waals surface area contributed by atoms with Crippen LogP contribution in [0.5, 0.6) is 0 Å². The third-order valence-corrected chi connectivity index (χ3v) is 3.99. The number of alkyl halides is 1. The Hall–Kier alpha value is 0.250. The molecule has 1 unspecified atom stereocenters. The number of halogens is 1. The number of ether oxygens (including phenoxy) is 1. The molecule has 1 nitrogen and oxygen atoms in total. The van der Waals surface area contributed by atoms with Gasteiger partial charge >= 0.3 is 0 Å². The molecule has 0 aromatic rings. The molecule has 1 saturated heterocycles. The molecule has 2 fully saturated rings. The molecule has 1 saturated carbocycles. The van der Waals surface area contributed by atoms with Gasteiger partial charge in [-0.2, -0.15) is 0 Å². The SMILES string of the molecule is CC1CCC2(CC1)CC(Cl)CCO2. The number of rotatable bonds is 0. The van der Waals surface area contributed by atoms with Gasteiger partial charge in [0.1, 0.15) is 0 Å². The van der Waals surface area contributed by atoms with Gasteiger partial charge in [0.05, 0.1) is 5.60 Å². The van der Waals surface area contributed by atoms with Gasteiger partial charge in [-0.3, -0.25) is 0 Å². The largest absolute Gasteiger partial charge is 0.375 e. The number of hydrogen-bond donors (Lipinski definition) is 0. The van der Waals surface area contributed by atoms with E-state index in [9.17, 15) is 0 Å². The monoisotopic (exact) mass is 202 g/mol. The van der Waals surface area contributed by atoms with Gasteiger partial charge in [-0.05, 0) is 44.4 Å². The van der Waals surface area contributed by atoms with Crippen molar-refractivity contribution in [3.63, 3.8) is 0 Å². The molecule has 1 atom stereocenters. The molecule has 1 spiro atoms. The molecule has 2 heteroatoms. The molecule has 76 valence electrons. The van der Waals surface area contributed by atoms with Crippen molar-refractivity contribution in [2.45, 2.75) is 56.4 Å². The minimum atomic E-state index is 0.178. The maximum Gasteiger partial charge on any atom is 0.0696 e. The third kappa shape index (κ3) is 2.19. The summed E-state index contributed by atoms with van der Waals surface area (Å²) in [6, 6.07) is 0. The van der Waals surface area contributed by atoms with Crippen molar-refractivity contribution in [3.8, 4) is 0 Å². The van der Waals surface area contributed by atoms with E-state index in [1.54, 1.807) is 0 Å². The number of hydrogen-bond acceptors (Lipinski definition) is 1. The summed E-state index contributed by atoms with van der Waals surface area (Å²) in [7, 11) is 0. The third-order valence-electron chi connectivity index (χ3n) is 3.62. The van der Waals surface area contributed by atoms with E-state index in [0.717, 1.165) is 25.4 Å². The Morgan fingerprint density at radius 2 is 1.92 bits per heavy atom. The first kappa shape index (κ1) is 9.79. The van der Waals surface area contributed by atoms with Crippen LogP contribution >= 0.6 is 11.6 Å². The topological polar surface area (TPSA) is 9.23 Å². The van der Waals surface area contributed by atoms with E-state index in [-0.39, 0.29) is 5.60 Å². The lowest BCUT2D eigenvalue weighted by Crippen LogP contribution is -2.43. The van der Waals surface area contributed by atoms with E-state index in [0.29, 0.717) is 5.38 Å². The highest BCUT2D eigenvalue weighted by atomic mass is 35.5. The average molecular weight is 203 g/mol. The normalized spacial score (nSPS) is 46.6. The summed E-state index contributed by atoms with van der Waals surface area (Å²) in [5.41, 5.74) is 0.178. The summed E-state index contributed by atoms with van der Waals surface area (Å²) >= 11 is 6.20. The Morgan fingerprint density at radius 3 is 2.54 bits per heavy atom. The highest BCUT2D eigenvalue weighted by molar-refractivity contribution is 6.20. The van der Waals surface area contributed by atoms with Crippen molar-refractivity contribution in [1.29, 1.82) is 0 Å². The summed E-state index contributed by atoms with van der Waals surface area (Å²) < 4.78 is 5.94. The van der Waals surface area contributed by atoms with E-state index in [1.165, 1.54) is 25.7 Å². The Bertz CT molecular complexity index is 173. The fraction of sp³-hybridized carbons (Fsp3) is 1.00. The molecule has 0 radical (unpaired) electrons. The molecule has 1 aliphatic carbocycles. The van der Waals surface area contributed by atoms with Crippen LogP contribution in [-0.4, -0.2) is 17.6 Å². The lowest BCUT2D eigenvalue weighted by Gasteiger charge is -2.43. The van der Waals surface area contributed by atoms with E-state index in [4.69, 9.17) is 16.3 Å². The summed E-state index contributed by atoms with van der Waals surface area (Å²) in [6.07, 6.45) is 7.24. The predicted octanol–water partition coefficient (Wildman–Crippen LogP) is 3.35. The van der Waals surface area contributed by atoms with E-state index in [2.05, 4.69) is 6.92 Å². The zero-order valence-corrected chi connectivity index (χ0v) is 9.15. The lowest BCUT2D eigenvalue weighted by atomic mass is 9.76. The molecule has 1 heterocycles. The second kappa shape index (κ2) is 3.78. The Balaban J connectivity index is 1.95. The van der Waals surface area contributed by atoms with Crippen LogP contribution in [0.25, 0.3) is 0 Å². The van der Waals surface area contributed by atoms with Crippen LogP contribution in [0.3, 0.4) is 0 Å². The van der Waals surface area contributed by atoms with E-state index >= 15 is 0 Å². The zero-order valence-electron chi connectivity index (χ0n) is 8.39. The van der Waals surface area contributed by atoms with Crippen molar-refractivity contribution < 1.29 is 4.74 Å². The molecular formula is C11H19ClO. The molecule has 2 rings (SSSR count). The summed E-state index contributed by atoms with van der Waals surface area (Å²) in [5, 5.41) is 0.363. The minimum absolute atomic E-state index is 0.178. The summed E-state index contributed by atoms with van der Waals surface area (Å²) in [6.45, 7) is 3.22. The zero-order chi connectivity index (χ0) is 9.31. The molecule has 0 N–H and O–H groups in total. The molecule has 1 aliphatic heterocycles. The summed E-state index contributed by atoms with van der Waals surface area (Å²) in [5.74, 6) is 0.893. The second-order valence-corrected chi connectivity index (χ2v) is 5.42. The van der Waals surface area contributed by atoms with Crippen LogP contribution < -0.4 is 0 Å². The minimum Gasteiger partial charge on any atom is -0.375 e. The quantitative estimate of drug-likeness (QED) is 0.548. The van der Waals surface area contributed by atoms with Gasteiger partial charge in [0.25, 0.3) is 0 Å². The van der Waals surface area contributed by atoms with Crippen LogP contribution in [0.15, 0.2) is 0 Å². The summed E-state index contributed by atoms with van der Waals surface area (Å²) in [4.78, 5) is 0. The standard InChI is InChI=1S/C11H19ClO/c1-9-2-5-11(6-3-9)8-10(12)4-7-13-11/h9-10H,2-8H2,1H3. The van der Waals surface area contributed by atoms with Crippen molar-refractivity contribution in [2.75, 3.05) is 6.61 Å². The van der Waals surface area contributed by atoms with Crippen LogP contribution in [0.1, 0.15) is 45.4 Å². The van der Waals surface area contributed by atoms with E-state index < -0.39 is 0 Å². The fourth-order valence-corrected chi connectivity index (χ4v) is 2.97. The second-order valence-electron chi connectivity index (χ2n) is 4.80. The Kier molecular flexibility index (Phi) is 2.85. The van der Waals surface area contributed by atoms with E-state index in [1.807, 2.05) is 0 Å². The lowest BCUT2D eigenvalue weighted by molar-refractivity contribution is -0.104. The predicted molar refractivity (Wildman–Crippen MR) is 55.2 cm³/mol. The highest BCUT2D eigenvalue weighted by Crippen LogP contribution is 2.41. The molecular weight excluding hydrogens is 184 g/mol. The molecule has 13 heavy (non-hydrogen) atoms. The molecule has 0 amide bonds. The van der Waals surface area contributed by atoms with Gasteiger partial charge in [0.15, 0.2) is 0 Å². The van der Waals surface area contributed by atoms with Gasteiger partial charge in [0, 0.05) is 12.0 Å². The maximum atomic E-state index is 6.20. The van der Waals surface area contributed by atoms with Crippen molar-refractivity contribution in [3.05, 3.63) is 0 Å². The van der Waals surface area contributed by atoms with Crippen LogP contribution in [0.4, 0.5) is 0 Å². The molecule has 2 aliphatic rings. The smallest absolute Gasteiger partial charge is 0.0696 e. The Morgan fingerprint density at radius 1 is 1.23 bits per heavy atom. The van der Waals surface area contributed by atoms with Gasteiger partial charge in [-0.15, -0.1) is 11.6 Å². The van der Waals surface area contributed by atoms with Crippen molar-refractivity contribution in [1.82, 2.24) is 0 Å². The van der Waals surface area contributed by atoms with Gasteiger partial charge in [-0.1, -0.05) is 6.92 Å². The van der Waals surface area contributed by atoms with Gasteiger partial charge in [0.2, 0.25) is 0 Å². The Labute approximate surface area is 85.8 Å². The van der Waals surface area contributed by atoms with Crippen molar-refractivity contribution in [2.24, 2.45) is 5.92 Å². The maximum absolute atomic E-state index is 6.20. The first-order valence-electron chi connectivity index (χ1n) is 5.48. The van der Waals surface area contributed by atoms with Gasteiger partial charge in [-0.25, -0.2) is 0 Å².